The SMILES string of the molecule is CCC1CCN(CCF)C1C. The zero-order valence-electron chi connectivity index (χ0n) is 7.52. The summed E-state index contributed by atoms with van der Waals surface area (Å²) in [7, 11) is 0. The van der Waals surface area contributed by atoms with Gasteiger partial charge in [-0.05, 0) is 25.8 Å². The van der Waals surface area contributed by atoms with Crippen molar-refractivity contribution in [3.8, 4) is 0 Å². The lowest BCUT2D eigenvalue weighted by Crippen LogP contribution is -2.31. The van der Waals surface area contributed by atoms with E-state index in [0.29, 0.717) is 12.6 Å². The van der Waals surface area contributed by atoms with E-state index in [4.69, 9.17) is 0 Å². The maximum atomic E-state index is 12.0. The molecular formula is C9H18FN. The Balaban J connectivity index is 2.35. The van der Waals surface area contributed by atoms with Crippen LogP contribution in [-0.2, 0) is 0 Å². The van der Waals surface area contributed by atoms with Crippen molar-refractivity contribution in [1.29, 1.82) is 0 Å². The van der Waals surface area contributed by atoms with E-state index in [0.717, 1.165) is 12.5 Å². The molecule has 1 heterocycles. The molecule has 0 saturated carbocycles. The van der Waals surface area contributed by atoms with Crippen LogP contribution in [0.15, 0.2) is 0 Å². The molecule has 66 valence electrons. The third kappa shape index (κ3) is 1.92. The minimum atomic E-state index is -0.194. The van der Waals surface area contributed by atoms with Crippen LogP contribution >= 0.6 is 0 Å². The number of hydrogen-bond donors (Lipinski definition) is 0. The van der Waals surface area contributed by atoms with Gasteiger partial charge in [0.2, 0.25) is 0 Å². The molecule has 1 nitrogen and oxygen atoms in total. The van der Waals surface area contributed by atoms with Gasteiger partial charge in [-0.2, -0.15) is 0 Å². The Morgan fingerprint density at radius 3 is 2.73 bits per heavy atom. The average Bonchev–Trinajstić information content (AvgIpc) is 2.34. The van der Waals surface area contributed by atoms with Gasteiger partial charge in [0, 0.05) is 12.6 Å². The average molecular weight is 159 g/mol. The minimum Gasteiger partial charge on any atom is -0.298 e. The second-order valence-electron chi connectivity index (χ2n) is 3.42. The number of alkyl halides is 1. The number of hydrogen-bond acceptors (Lipinski definition) is 1. The molecule has 11 heavy (non-hydrogen) atoms. The van der Waals surface area contributed by atoms with Crippen LogP contribution < -0.4 is 0 Å². The normalized spacial score (nSPS) is 33.0. The lowest BCUT2D eigenvalue weighted by atomic mass is 9.99. The Morgan fingerprint density at radius 1 is 1.55 bits per heavy atom. The summed E-state index contributed by atoms with van der Waals surface area (Å²) in [5.41, 5.74) is 0. The molecule has 0 aromatic rings. The lowest BCUT2D eigenvalue weighted by Gasteiger charge is -2.22. The molecule has 1 rings (SSSR count). The summed E-state index contributed by atoms with van der Waals surface area (Å²) in [5.74, 6) is 0.807. The molecule has 0 N–H and O–H groups in total. The van der Waals surface area contributed by atoms with E-state index in [-0.39, 0.29) is 6.67 Å². The summed E-state index contributed by atoms with van der Waals surface area (Å²) in [5, 5.41) is 0. The number of nitrogens with zero attached hydrogens (tertiary/aromatic N) is 1. The van der Waals surface area contributed by atoms with Crippen molar-refractivity contribution < 1.29 is 4.39 Å². The maximum absolute atomic E-state index is 12.0. The molecular weight excluding hydrogens is 141 g/mol. The highest BCUT2D eigenvalue weighted by Crippen LogP contribution is 2.25. The Kier molecular flexibility index (Phi) is 3.31. The highest BCUT2D eigenvalue weighted by Gasteiger charge is 2.28. The van der Waals surface area contributed by atoms with E-state index in [1.54, 1.807) is 0 Å². The second kappa shape index (κ2) is 4.05. The van der Waals surface area contributed by atoms with Crippen LogP contribution in [-0.4, -0.2) is 30.7 Å². The molecule has 2 unspecified atom stereocenters. The highest BCUT2D eigenvalue weighted by atomic mass is 19.1. The van der Waals surface area contributed by atoms with E-state index in [2.05, 4.69) is 18.7 Å². The summed E-state index contributed by atoms with van der Waals surface area (Å²) in [4.78, 5) is 2.26. The fourth-order valence-electron chi connectivity index (χ4n) is 2.04. The molecule has 0 amide bonds. The summed E-state index contributed by atoms with van der Waals surface area (Å²) < 4.78 is 12.0. The van der Waals surface area contributed by atoms with Gasteiger partial charge < -0.3 is 0 Å². The molecule has 1 aliphatic rings. The van der Waals surface area contributed by atoms with Gasteiger partial charge in [-0.15, -0.1) is 0 Å². The van der Waals surface area contributed by atoms with Crippen LogP contribution in [0, 0.1) is 5.92 Å². The third-order valence-corrected chi connectivity index (χ3v) is 2.94. The zero-order valence-corrected chi connectivity index (χ0v) is 7.52. The van der Waals surface area contributed by atoms with Crippen LogP contribution in [0.5, 0.6) is 0 Å². The van der Waals surface area contributed by atoms with Crippen LogP contribution in [0.2, 0.25) is 0 Å². The zero-order chi connectivity index (χ0) is 8.27. The molecule has 0 bridgehead atoms. The first-order chi connectivity index (χ1) is 5.29. The quantitative estimate of drug-likeness (QED) is 0.609. The molecule has 2 heteroatoms. The van der Waals surface area contributed by atoms with Crippen molar-refractivity contribution >= 4 is 0 Å². The Labute approximate surface area is 68.6 Å². The predicted molar refractivity (Wildman–Crippen MR) is 45.4 cm³/mol. The van der Waals surface area contributed by atoms with Crippen molar-refractivity contribution in [2.75, 3.05) is 19.8 Å². The van der Waals surface area contributed by atoms with Crippen LogP contribution in [0.3, 0.4) is 0 Å². The largest absolute Gasteiger partial charge is 0.298 e. The summed E-state index contributed by atoms with van der Waals surface area (Å²) in [6, 6.07) is 0.607. The van der Waals surface area contributed by atoms with E-state index < -0.39 is 0 Å². The van der Waals surface area contributed by atoms with Crippen molar-refractivity contribution in [3.05, 3.63) is 0 Å². The van der Waals surface area contributed by atoms with Gasteiger partial charge in [0.25, 0.3) is 0 Å². The monoisotopic (exact) mass is 159 g/mol. The first-order valence-corrected chi connectivity index (χ1v) is 4.59. The molecule has 1 saturated heterocycles. The van der Waals surface area contributed by atoms with Crippen LogP contribution in [0.25, 0.3) is 0 Å². The van der Waals surface area contributed by atoms with E-state index in [9.17, 15) is 4.39 Å². The van der Waals surface area contributed by atoms with E-state index >= 15 is 0 Å². The minimum absolute atomic E-state index is 0.194. The first-order valence-electron chi connectivity index (χ1n) is 4.59. The van der Waals surface area contributed by atoms with Crippen molar-refractivity contribution in [1.82, 2.24) is 4.90 Å². The molecule has 0 radical (unpaired) electrons. The maximum Gasteiger partial charge on any atom is 0.102 e. The van der Waals surface area contributed by atoms with Gasteiger partial charge in [-0.25, -0.2) is 4.39 Å². The molecule has 1 fully saturated rings. The molecule has 0 aliphatic carbocycles. The number of likely N-dealkylation sites (tertiary alicyclic amines) is 1. The topological polar surface area (TPSA) is 3.24 Å². The van der Waals surface area contributed by atoms with Gasteiger partial charge in [-0.3, -0.25) is 4.90 Å². The number of rotatable bonds is 3. The predicted octanol–water partition coefficient (Wildman–Crippen LogP) is 2.08. The summed E-state index contributed by atoms with van der Waals surface area (Å²) in [6.45, 7) is 5.99. The van der Waals surface area contributed by atoms with Gasteiger partial charge in [-0.1, -0.05) is 13.3 Å². The van der Waals surface area contributed by atoms with Crippen LogP contribution in [0.1, 0.15) is 26.7 Å². The van der Waals surface area contributed by atoms with Crippen molar-refractivity contribution in [2.24, 2.45) is 5.92 Å². The molecule has 2 atom stereocenters. The number of halogens is 1. The van der Waals surface area contributed by atoms with Gasteiger partial charge in [0.05, 0.1) is 0 Å². The second-order valence-corrected chi connectivity index (χ2v) is 3.42. The summed E-state index contributed by atoms with van der Waals surface area (Å²) >= 11 is 0. The third-order valence-electron chi connectivity index (χ3n) is 2.94. The Hall–Kier alpha value is -0.110. The molecule has 0 spiro atoms. The van der Waals surface area contributed by atoms with Gasteiger partial charge >= 0.3 is 0 Å². The highest BCUT2D eigenvalue weighted by molar-refractivity contribution is 4.82. The molecule has 0 aromatic carbocycles. The Bertz CT molecular complexity index is 116. The van der Waals surface area contributed by atoms with Crippen molar-refractivity contribution in [3.63, 3.8) is 0 Å². The molecule has 0 aromatic heterocycles. The van der Waals surface area contributed by atoms with Gasteiger partial charge in [0.15, 0.2) is 0 Å². The van der Waals surface area contributed by atoms with Crippen LogP contribution in [0.4, 0.5) is 4.39 Å². The molecule has 1 aliphatic heterocycles. The fourth-order valence-corrected chi connectivity index (χ4v) is 2.04. The van der Waals surface area contributed by atoms with E-state index in [1.165, 1.54) is 12.8 Å². The smallest absolute Gasteiger partial charge is 0.102 e. The summed E-state index contributed by atoms with van der Waals surface area (Å²) in [6.07, 6.45) is 2.50. The first kappa shape index (κ1) is 8.98. The standard InChI is InChI=1S/C9H18FN/c1-3-9-4-6-11(7-5-10)8(9)2/h8-9H,3-7H2,1-2H3. The van der Waals surface area contributed by atoms with Gasteiger partial charge in [0.1, 0.15) is 6.67 Å². The van der Waals surface area contributed by atoms with Crippen molar-refractivity contribution in [2.45, 2.75) is 32.7 Å². The van der Waals surface area contributed by atoms with E-state index in [1.807, 2.05) is 0 Å². The fraction of sp³-hybridized carbons (Fsp3) is 1.00. The lowest BCUT2D eigenvalue weighted by molar-refractivity contribution is 0.220. The Morgan fingerprint density at radius 2 is 2.27 bits per heavy atom.